The molecule has 0 aliphatic rings. The quantitative estimate of drug-likeness (QED) is 0.591. The molecule has 1 aromatic heterocycles. The van der Waals surface area contributed by atoms with Crippen LogP contribution in [0.4, 0.5) is 0 Å². The third-order valence-corrected chi connectivity index (χ3v) is 3.58. The van der Waals surface area contributed by atoms with E-state index >= 15 is 0 Å². The third kappa shape index (κ3) is 2.92. The number of hydrogen-bond donors (Lipinski definition) is 0. The topological polar surface area (TPSA) is 12.9 Å². The summed E-state index contributed by atoms with van der Waals surface area (Å²) in [6.07, 6.45) is 4.12. The molecule has 21 heavy (non-hydrogen) atoms. The van der Waals surface area contributed by atoms with Crippen LogP contribution in [0.25, 0.3) is 22.6 Å². The maximum absolute atomic E-state index is 4.66. The molecule has 0 aliphatic heterocycles. The van der Waals surface area contributed by atoms with Gasteiger partial charge in [0.15, 0.2) is 0 Å². The maximum Gasteiger partial charge on any atom is 0.0709 e. The number of fused-ring (bicyclic) bond motifs is 1. The molecule has 0 fully saturated rings. The fourth-order valence-electron chi connectivity index (χ4n) is 2.29. The maximum atomic E-state index is 4.66. The Balaban J connectivity index is 1.89. The monoisotopic (exact) mass is 271 g/mol. The average molecular weight is 271 g/mol. The summed E-state index contributed by atoms with van der Waals surface area (Å²) >= 11 is 0. The fourth-order valence-corrected chi connectivity index (χ4v) is 2.29. The zero-order valence-corrected chi connectivity index (χ0v) is 12.1. The van der Waals surface area contributed by atoms with Crippen molar-refractivity contribution in [2.45, 2.75) is 6.92 Å². The van der Waals surface area contributed by atoms with Crippen LogP contribution >= 0.6 is 0 Å². The first-order valence-electron chi connectivity index (χ1n) is 7.03. The number of aryl methyl sites for hydroxylation is 1. The summed E-state index contributed by atoms with van der Waals surface area (Å²) in [4.78, 5) is 4.66. The van der Waals surface area contributed by atoms with Crippen molar-refractivity contribution in [3.8, 4) is 0 Å². The van der Waals surface area contributed by atoms with Gasteiger partial charge < -0.3 is 0 Å². The van der Waals surface area contributed by atoms with Gasteiger partial charge in [-0.3, -0.25) is 0 Å². The van der Waals surface area contributed by atoms with Crippen LogP contribution < -0.4 is 0 Å². The standard InChI is InChI=1S/C20H17N/c1-15-7-3-4-8-17(15)12-11-16(2)19-14-13-18-9-5-6-10-20(18)21-19/h3-14H,2H2,1H3/b12-11-. The van der Waals surface area contributed by atoms with Gasteiger partial charge in [-0.15, -0.1) is 0 Å². The van der Waals surface area contributed by atoms with Gasteiger partial charge in [0.05, 0.1) is 11.2 Å². The highest BCUT2D eigenvalue weighted by Crippen LogP contribution is 2.19. The second-order valence-corrected chi connectivity index (χ2v) is 5.10. The Morgan fingerprint density at radius 3 is 2.57 bits per heavy atom. The highest BCUT2D eigenvalue weighted by Gasteiger charge is 2.00. The minimum atomic E-state index is 0.915. The molecule has 0 bridgehead atoms. The number of aromatic nitrogens is 1. The van der Waals surface area contributed by atoms with E-state index in [4.69, 9.17) is 0 Å². The van der Waals surface area contributed by atoms with Crippen molar-refractivity contribution in [2.75, 3.05) is 0 Å². The van der Waals surface area contributed by atoms with Gasteiger partial charge in [-0.1, -0.05) is 67.3 Å². The van der Waals surface area contributed by atoms with Gasteiger partial charge >= 0.3 is 0 Å². The Morgan fingerprint density at radius 2 is 1.71 bits per heavy atom. The summed E-state index contributed by atoms with van der Waals surface area (Å²) in [5.41, 5.74) is 5.30. The van der Waals surface area contributed by atoms with E-state index in [0.717, 1.165) is 22.2 Å². The Morgan fingerprint density at radius 1 is 0.952 bits per heavy atom. The molecule has 3 aromatic rings. The SMILES string of the molecule is C=C(/C=C\c1ccccc1C)c1ccc2ccccc2n1. The molecule has 2 aromatic carbocycles. The zero-order valence-electron chi connectivity index (χ0n) is 12.1. The van der Waals surface area contributed by atoms with Gasteiger partial charge in [-0.2, -0.15) is 0 Å². The molecule has 1 heterocycles. The summed E-state index contributed by atoms with van der Waals surface area (Å²) in [6, 6.07) is 20.5. The molecule has 0 radical (unpaired) electrons. The van der Waals surface area contributed by atoms with Crippen molar-refractivity contribution in [3.63, 3.8) is 0 Å². The van der Waals surface area contributed by atoms with E-state index in [-0.39, 0.29) is 0 Å². The molecule has 102 valence electrons. The van der Waals surface area contributed by atoms with Gasteiger partial charge in [0.25, 0.3) is 0 Å². The molecule has 1 nitrogen and oxygen atoms in total. The minimum Gasteiger partial charge on any atom is -0.248 e. The van der Waals surface area contributed by atoms with Crippen LogP contribution in [-0.2, 0) is 0 Å². The van der Waals surface area contributed by atoms with Crippen LogP contribution in [-0.4, -0.2) is 4.98 Å². The molecule has 0 atom stereocenters. The molecule has 0 aliphatic carbocycles. The van der Waals surface area contributed by atoms with Crippen LogP contribution in [0.2, 0.25) is 0 Å². The molecular formula is C20H17N. The number of allylic oxidation sites excluding steroid dienone is 2. The fraction of sp³-hybridized carbons (Fsp3) is 0.0500. The molecule has 0 saturated heterocycles. The average Bonchev–Trinajstić information content (AvgIpc) is 2.53. The Bertz CT molecular complexity index is 828. The molecular weight excluding hydrogens is 254 g/mol. The summed E-state index contributed by atoms with van der Waals surface area (Å²) in [6.45, 7) is 6.24. The lowest BCUT2D eigenvalue weighted by atomic mass is 10.1. The van der Waals surface area contributed by atoms with Gasteiger partial charge in [0, 0.05) is 5.39 Å². The number of nitrogens with zero attached hydrogens (tertiary/aromatic N) is 1. The second-order valence-electron chi connectivity index (χ2n) is 5.10. The van der Waals surface area contributed by atoms with Gasteiger partial charge in [-0.25, -0.2) is 4.98 Å². The number of hydrogen-bond acceptors (Lipinski definition) is 1. The summed E-state index contributed by atoms with van der Waals surface area (Å²) in [5.74, 6) is 0. The first-order chi connectivity index (χ1) is 10.2. The minimum absolute atomic E-state index is 0.915. The van der Waals surface area contributed by atoms with Crippen LogP contribution in [0, 0.1) is 6.92 Å². The van der Waals surface area contributed by atoms with Crippen molar-refractivity contribution in [3.05, 3.63) is 90.1 Å². The van der Waals surface area contributed by atoms with Gasteiger partial charge in [0.2, 0.25) is 0 Å². The molecule has 0 N–H and O–H groups in total. The van der Waals surface area contributed by atoms with Gasteiger partial charge in [0.1, 0.15) is 0 Å². The predicted octanol–water partition coefficient (Wildman–Crippen LogP) is 5.27. The van der Waals surface area contributed by atoms with Gasteiger partial charge in [-0.05, 0) is 35.8 Å². The number of pyridine rings is 1. The van der Waals surface area contributed by atoms with E-state index in [1.807, 2.05) is 42.5 Å². The van der Waals surface area contributed by atoms with Crippen molar-refractivity contribution in [2.24, 2.45) is 0 Å². The smallest absolute Gasteiger partial charge is 0.0709 e. The predicted molar refractivity (Wildman–Crippen MR) is 91.0 cm³/mol. The largest absolute Gasteiger partial charge is 0.248 e. The lowest BCUT2D eigenvalue weighted by Gasteiger charge is -2.03. The van der Waals surface area contributed by atoms with Crippen molar-refractivity contribution >= 4 is 22.6 Å². The highest BCUT2D eigenvalue weighted by atomic mass is 14.7. The third-order valence-electron chi connectivity index (χ3n) is 3.58. The van der Waals surface area contributed by atoms with Crippen LogP contribution in [0.3, 0.4) is 0 Å². The molecule has 0 spiro atoms. The molecule has 0 unspecified atom stereocenters. The first-order valence-corrected chi connectivity index (χ1v) is 7.03. The Kier molecular flexibility index (Phi) is 3.65. The zero-order chi connectivity index (χ0) is 14.7. The normalized spacial score (nSPS) is 11.1. The summed E-state index contributed by atoms with van der Waals surface area (Å²) in [7, 11) is 0. The molecule has 1 heteroatoms. The number of para-hydroxylation sites is 1. The van der Waals surface area contributed by atoms with E-state index in [1.165, 1.54) is 11.1 Å². The summed E-state index contributed by atoms with van der Waals surface area (Å²) in [5, 5.41) is 1.15. The van der Waals surface area contributed by atoms with E-state index < -0.39 is 0 Å². The summed E-state index contributed by atoms with van der Waals surface area (Å²) < 4.78 is 0. The van der Waals surface area contributed by atoms with E-state index in [1.54, 1.807) is 0 Å². The lowest BCUT2D eigenvalue weighted by Crippen LogP contribution is -1.87. The van der Waals surface area contributed by atoms with E-state index in [9.17, 15) is 0 Å². The first kappa shape index (κ1) is 13.3. The van der Waals surface area contributed by atoms with Crippen LogP contribution in [0.1, 0.15) is 16.8 Å². The second kappa shape index (κ2) is 5.76. The van der Waals surface area contributed by atoms with E-state index in [2.05, 4.69) is 48.8 Å². The number of benzene rings is 2. The van der Waals surface area contributed by atoms with E-state index in [0.29, 0.717) is 0 Å². The lowest BCUT2D eigenvalue weighted by molar-refractivity contribution is 1.35. The van der Waals surface area contributed by atoms with Crippen LogP contribution in [0.5, 0.6) is 0 Å². The Hall–Kier alpha value is -2.67. The van der Waals surface area contributed by atoms with Crippen molar-refractivity contribution in [1.29, 1.82) is 0 Å². The van der Waals surface area contributed by atoms with Crippen LogP contribution in [0.15, 0.2) is 73.3 Å². The highest BCUT2D eigenvalue weighted by molar-refractivity contribution is 5.83. The van der Waals surface area contributed by atoms with Crippen molar-refractivity contribution in [1.82, 2.24) is 4.98 Å². The Labute approximate surface area is 125 Å². The molecule has 0 amide bonds. The molecule has 0 saturated carbocycles. The molecule has 3 rings (SSSR count). The number of rotatable bonds is 3. The van der Waals surface area contributed by atoms with Crippen molar-refractivity contribution < 1.29 is 0 Å².